The number of amides is 2. The predicted molar refractivity (Wildman–Crippen MR) is 141 cm³/mol. The number of ether oxygens (including phenoxy) is 2. The van der Waals surface area contributed by atoms with Crippen molar-refractivity contribution in [2.24, 2.45) is 5.10 Å². The first-order chi connectivity index (χ1) is 17.5. The summed E-state index contributed by atoms with van der Waals surface area (Å²) in [5.41, 5.74) is 6.01. The van der Waals surface area contributed by atoms with Crippen molar-refractivity contribution in [3.63, 3.8) is 0 Å². The number of hydrogen-bond donors (Lipinski definition) is 2. The standard InChI is InChI=1S/C29H31N3O4/c1-4-17-35-26-16-9-8-15-24(26)19-30-32-29(34)25(18-23-13-6-5-7-14-23)31-27(33)20-36-28-21(2)11-10-12-22(28)3/h4-16,19,25H,1,17-18,20H2,2-3H3,(H,31,33)(H,32,34)/b30-19-/t25-/m0/s1. The van der Waals surface area contributed by atoms with Crippen LogP contribution in [0.4, 0.5) is 0 Å². The highest BCUT2D eigenvalue weighted by Crippen LogP contribution is 2.22. The lowest BCUT2D eigenvalue weighted by molar-refractivity contribution is -0.130. The molecule has 186 valence electrons. The molecule has 3 aromatic carbocycles. The van der Waals surface area contributed by atoms with Crippen LogP contribution in [0.1, 0.15) is 22.3 Å². The van der Waals surface area contributed by atoms with Crippen molar-refractivity contribution < 1.29 is 19.1 Å². The fraction of sp³-hybridized carbons (Fsp3) is 0.207. The Hall–Kier alpha value is -4.39. The van der Waals surface area contributed by atoms with Crippen LogP contribution in [0.2, 0.25) is 0 Å². The van der Waals surface area contributed by atoms with Gasteiger partial charge in [0.15, 0.2) is 6.61 Å². The van der Waals surface area contributed by atoms with Crippen LogP contribution >= 0.6 is 0 Å². The SMILES string of the molecule is C=CCOc1ccccc1/C=N\NC(=O)[C@H](Cc1ccccc1)NC(=O)COc1c(C)cccc1C. The van der Waals surface area contributed by atoms with Gasteiger partial charge < -0.3 is 14.8 Å². The van der Waals surface area contributed by atoms with E-state index >= 15 is 0 Å². The number of nitrogens with zero attached hydrogens (tertiary/aromatic N) is 1. The number of nitrogens with one attached hydrogen (secondary N) is 2. The lowest BCUT2D eigenvalue weighted by Gasteiger charge is -2.18. The van der Waals surface area contributed by atoms with E-state index in [2.05, 4.69) is 22.4 Å². The average Bonchev–Trinajstić information content (AvgIpc) is 2.88. The summed E-state index contributed by atoms with van der Waals surface area (Å²) in [5.74, 6) is 0.438. The number of aryl methyl sites for hydroxylation is 2. The van der Waals surface area contributed by atoms with Crippen LogP contribution in [-0.4, -0.2) is 37.3 Å². The first kappa shape index (κ1) is 26.2. The van der Waals surface area contributed by atoms with E-state index in [4.69, 9.17) is 9.47 Å². The summed E-state index contributed by atoms with van der Waals surface area (Å²) in [5, 5.41) is 6.86. The smallest absolute Gasteiger partial charge is 0.262 e. The van der Waals surface area contributed by atoms with Crippen LogP contribution in [0.3, 0.4) is 0 Å². The Morgan fingerprint density at radius 1 is 0.944 bits per heavy atom. The van der Waals surface area contributed by atoms with Gasteiger partial charge >= 0.3 is 0 Å². The molecule has 0 aliphatic carbocycles. The summed E-state index contributed by atoms with van der Waals surface area (Å²) < 4.78 is 11.4. The van der Waals surface area contributed by atoms with Crippen LogP contribution in [0, 0.1) is 13.8 Å². The number of hydrogen-bond acceptors (Lipinski definition) is 5. The molecule has 0 aliphatic heterocycles. The van der Waals surface area contributed by atoms with Crippen LogP contribution in [-0.2, 0) is 16.0 Å². The largest absolute Gasteiger partial charge is 0.489 e. The van der Waals surface area contributed by atoms with Crippen LogP contribution in [0.5, 0.6) is 11.5 Å². The molecule has 0 spiro atoms. The quantitative estimate of drug-likeness (QED) is 0.229. The Bertz CT molecular complexity index is 1190. The first-order valence-corrected chi connectivity index (χ1v) is 11.7. The summed E-state index contributed by atoms with van der Waals surface area (Å²) in [7, 11) is 0. The minimum Gasteiger partial charge on any atom is -0.489 e. The number of rotatable bonds is 12. The molecular formula is C29H31N3O4. The number of para-hydroxylation sites is 2. The minimum atomic E-state index is -0.842. The van der Waals surface area contributed by atoms with Gasteiger partial charge in [-0.1, -0.05) is 73.3 Å². The van der Waals surface area contributed by atoms with E-state index in [1.807, 2.05) is 80.6 Å². The topological polar surface area (TPSA) is 89.0 Å². The molecule has 0 saturated carbocycles. The molecule has 7 heteroatoms. The van der Waals surface area contributed by atoms with Gasteiger partial charge in [0.25, 0.3) is 11.8 Å². The van der Waals surface area contributed by atoms with Crippen molar-refractivity contribution in [3.05, 3.63) is 108 Å². The molecule has 1 atom stereocenters. The maximum atomic E-state index is 13.0. The molecule has 0 bridgehead atoms. The molecule has 3 rings (SSSR count). The lowest BCUT2D eigenvalue weighted by Crippen LogP contribution is -2.48. The lowest BCUT2D eigenvalue weighted by atomic mass is 10.1. The number of benzene rings is 3. The summed E-state index contributed by atoms with van der Waals surface area (Å²) in [4.78, 5) is 25.7. The zero-order chi connectivity index (χ0) is 25.8. The first-order valence-electron chi connectivity index (χ1n) is 11.7. The fourth-order valence-electron chi connectivity index (χ4n) is 3.57. The van der Waals surface area contributed by atoms with Gasteiger partial charge in [-0.15, -0.1) is 0 Å². The van der Waals surface area contributed by atoms with E-state index in [1.54, 1.807) is 12.1 Å². The number of carbonyl (C=O) groups is 2. The third-order valence-electron chi connectivity index (χ3n) is 5.34. The monoisotopic (exact) mass is 485 g/mol. The van der Waals surface area contributed by atoms with Gasteiger partial charge in [-0.25, -0.2) is 5.43 Å². The van der Waals surface area contributed by atoms with Crippen LogP contribution in [0.15, 0.2) is 90.6 Å². The second-order valence-electron chi connectivity index (χ2n) is 8.19. The molecule has 0 heterocycles. The van der Waals surface area contributed by atoms with Gasteiger partial charge in [0.05, 0.1) is 6.21 Å². The third-order valence-corrected chi connectivity index (χ3v) is 5.34. The Balaban J connectivity index is 1.67. The zero-order valence-electron chi connectivity index (χ0n) is 20.6. The van der Waals surface area contributed by atoms with Gasteiger partial charge in [-0.05, 0) is 42.7 Å². The Labute approximate surface area is 211 Å². The minimum absolute atomic E-state index is 0.207. The Morgan fingerprint density at radius 2 is 1.64 bits per heavy atom. The van der Waals surface area contributed by atoms with Crippen molar-refractivity contribution in [1.82, 2.24) is 10.7 Å². The molecule has 0 unspecified atom stereocenters. The van der Waals surface area contributed by atoms with Crippen molar-refractivity contribution in [3.8, 4) is 11.5 Å². The highest BCUT2D eigenvalue weighted by Gasteiger charge is 2.21. The fourth-order valence-corrected chi connectivity index (χ4v) is 3.57. The van der Waals surface area contributed by atoms with Crippen molar-refractivity contribution in [2.45, 2.75) is 26.3 Å². The van der Waals surface area contributed by atoms with E-state index < -0.39 is 17.9 Å². The number of carbonyl (C=O) groups excluding carboxylic acids is 2. The van der Waals surface area contributed by atoms with Gasteiger partial charge in [0, 0.05) is 12.0 Å². The number of hydrazone groups is 1. The summed E-state index contributed by atoms with van der Waals surface area (Å²) in [6, 6.07) is 21.7. The summed E-state index contributed by atoms with van der Waals surface area (Å²) in [6.45, 7) is 7.64. The highest BCUT2D eigenvalue weighted by molar-refractivity contribution is 5.90. The summed E-state index contributed by atoms with van der Waals surface area (Å²) in [6.07, 6.45) is 3.45. The molecule has 0 fully saturated rings. The predicted octanol–water partition coefficient (Wildman–Crippen LogP) is 4.12. The second kappa shape index (κ2) is 13.5. The van der Waals surface area contributed by atoms with Gasteiger partial charge in [0.2, 0.25) is 0 Å². The van der Waals surface area contributed by atoms with Gasteiger partial charge in [-0.2, -0.15) is 5.10 Å². The Morgan fingerprint density at radius 3 is 2.36 bits per heavy atom. The van der Waals surface area contributed by atoms with E-state index in [0.29, 0.717) is 30.1 Å². The molecule has 3 aromatic rings. The molecule has 2 amide bonds. The molecular weight excluding hydrogens is 454 g/mol. The molecule has 0 saturated heterocycles. The van der Waals surface area contributed by atoms with E-state index in [9.17, 15) is 9.59 Å². The zero-order valence-corrected chi connectivity index (χ0v) is 20.6. The molecule has 7 nitrogen and oxygen atoms in total. The molecule has 0 aliphatic rings. The van der Waals surface area contributed by atoms with E-state index in [1.165, 1.54) is 6.21 Å². The third kappa shape index (κ3) is 7.84. The normalized spacial score (nSPS) is 11.5. The van der Waals surface area contributed by atoms with Crippen molar-refractivity contribution in [2.75, 3.05) is 13.2 Å². The average molecular weight is 486 g/mol. The van der Waals surface area contributed by atoms with Gasteiger partial charge in [-0.3, -0.25) is 9.59 Å². The molecule has 36 heavy (non-hydrogen) atoms. The van der Waals surface area contributed by atoms with Gasteiger partial charge in [0.1, 0.15) is 24.1 Å². The highest BCUT2D eigenvalue weighted by atomic mass is 16.5. The van der Waals surface area contributed by atoms with E-state index in [-0.39, 0.29) is 6.61 Å². The molecule has 2 N–H and O–H groups in total. The van der Waals surface area contributed by atoms with Crippen molar-refractivity contribution in [1.29, 1.82) is 0 Å². The molecule has 0 radical (unpaired) electrons. The summed E-state index contributed by atoms with van der Waals surface area (Å²) >= 11 is 0. The maximum absolute atomic E-state index is 13.0. The van der Waals surface area contributed by atoms with Crippen molar-refractivity contribution >= 4 is 18.0 Å². The molecule has 0 aromatic heterocycles. The Kier molecular flexibility index (Phi) is 9.82. The van der Waals surface area contributed by atoms with Crippen LogP contribution in [0.25, 0.3) is 0 Å². The second-order valence-corrected chi connectivity index (χ2v) is 8.19. The van der Waals surface area contributed by atoms with Crippen LogP contribution < -0.4 is 20.2 Å². The van der Waals surface area contributed by atoms with E-state index in [0.717, 1.165) is 16.7 Å². The maximum Gasteiger partial charge on any atom is 0.262 e.